The molecule has 0 bridgehead atoms. The van der Waals surface area contributed by atoms with Gasteiger partial charge in [0.25, 0.3) is 0 Å². The number of hydrogen-bond donors (Lipinski definition) is 0. The number of rotatable bonds is 6. The molecule has 0 radical (unpaired) electrons. The summed E-state index contributed by atoms with van der Waals surface area (Å²) in [5, 5.41) is 0. The van der Waals surface area contributed by atoms with Crippen molar-refractivity contribution in [2.24, 2.45) is 5.92 Å². The first-order chi connectivity index (χ1) is 8.90. The molecular formula is C17H27NO. The van der Waals surface area contributed by atoms with Crippen LogP contribution in [0.2, 0.25) is 0 Å². The van der Waals surface area contributed by atoms with E-state index in [0.717, 1.165) is 36.3 Å². The fourth-order valence-corrected chi connectivity index (χ4v) is 2.77. The molecule has 2 heteroatoms. The minimum Gasteiger partial charge on any atom is -0.303 e. The maximum Gasteiger partial charge on any atom is 0.167 e. The number of hydrogen-bond acceptors (Lipinski definition) is 2. The minimum absolute atomic E-state index is 0.0556. The lowest BCUT2D eigenvalue weighted by Gasteiger charge is -2.23. The highest BCUT2D eigenvalue weighted by molar-refractivity contribution is 6.00. The number of nitrogens with zero attached hydrogens (tertiary/aromatic N) is 1. The van der Waals surface area contributed by atoms with Crippen LogP contribution in [0.1, 0.15) is 47.8 Å². The molecule has 1 unspecified atom stereocenters. The van der Waals surface area contributed by atoms with Crippen molar-refractivity contribution in [3.8, 4) is 0 Å². The molecule has 0 saturated carbocycles. The number of Topliss-reactive ketones (excluding diaryl/α,β-unsaturated/α-hetero) is 1. The van der Waals surface area contributed by atoms with Crippen LogP contribution in [0.25, 0.3) is 0 Å². The van der Waals surface area contributed by atoms with E-state index in [1.165, 1.54) is 5.56 Å². The second kappa shape index (κ2) is 6.85. The minimum atomic E-state index is 0.0556. The van der Waals surface area contributed by atoms with Gasteiger partial charge in [0.15, 0.2) is 5.78 Å². The van der Waals surface area contributed by atoms with E-state index in [0.29, 0.717) is 0 Å². The molecule has 0 aliphatic heterocycles. The molecule has 0 saturated heterocycles. The van der Waals surface area contributed by atoms with Crippen molar-refractivity contribution in [3.05, 3.63) is 34.4 Å². The van der Waals surface area contributed by atoms with Gasteiger partial charge in [-0.2, -0.15) is 0 Å². The summed E-state index contributed by atoms with van der Waals surface area (Å²) in [7, 11) is 0. The van der Waals surface area contributed by atoms with Crippen LogP contribution in [0.15, 0.2) is 12.1 Å². The Morgan fingerprint density at radius 3 is 2.00 bits per heavy atom. The molecular weight excluding hydrogens is 234 g/mol. The normalized spacial score (nSPS) is 12.8. The zero-order chi connectivity index (χ0) is 14.6. The summed E-state index contributed by atoms with van der Waals surface area (Å²) < 4.78 is 0. The Morgan fingerprint density at radius 1 is 1.11 bits per heavy atom. The Kier molecular flexibility index (Phi) is 5.74. The average molecular weight is 261 g/mol. The lowest BCUT2D eigenvalue weighted by Crippen LogP contribution is -2.32. The Hall–Kier alpha value is -1.15. The monoisotopic (exact) mass is 261 g/mol. The zero-order valence-corrected chi connectivity index (χ0v) is 13.2. The van der Waals surface area contributed by atoms with Crippen molar-refractivity contribution < 1.29 is 4.79 Å². The fourth-order valence-electron chi connectivity index (χ4n) is 2.77. The largest absolute Gasteiger partial charge is 0.303 e. The van der Waals surface area contributed by atoms with Crippen LogP contribution in [0.4, 0.5) is 0 Å². The van der Waals surface area contributed by atoms with Gasteiger partial charge in [-0.1, -0.05) is 38.5 Å². The average Bonchev–Trinajstić information content (AvgIpc) is 2.34. The number of aryl methyl sites for hydroxylation is 3. The molecule has 0 fully saturated rings. The van der Waals surface area contributed by atoms with Gasteiger partial charge in [0.05, 0.1) is 0 Å². The highest BCUT2D eigenvalue weighted by Crippen LogP contribution is 2.20. The van der Waals surface area contributed by atoms with Crippen LogP contribution in [0.5, 0.6) is 0 Å². The topological polar surface area (TPSA) is 20.3 Å². The second-order valence-corrected chi connectivity index (χ2v) is 5.52. The summed E-state index contributed by atoms with van der Waals surface area (Å²) in [4.78, 5) is 14.9. The molecule has 0 amide bonds. The van der Waals surface area contributed by atoms with E-state index in [4.69, 9.17) is 0 Å². The van der Waals surface area contributed by atoms with Gasteiger partial charge >= 0.3 is 0 Å². The van der Waals surface area contributed by atoms with Crippen molar-refractivity contribution in [1.29, 1.82) is 0 Å². The highest BCUT2D eigenvalue weighted by Gasteiger charge is 2.20. The van der Waals surface area contributed by atoms with E-state index in [2.05, 4.69) is 37.8 Å². The van der Waals surface area contributed by atoms with Gasteiger partial charge in [0.2, 0.25) is 0 Å². The summed E-state index contributed by atoms with van der Waals surface area (Å²) in [6.07, 6.45) is 0. The predicted molar refractivity (Wildman–Crippen MR) is 81.9 cm³/mol. The Bertz CT molecular complexity index is 424. The molecule has 0 heterocycles. The number of benzene rings is 1. The Balaban J connectivity index is 2.94. The summed E-state index contributed by atoms with van der Waals surface area (Å²) in [5.74, 6) is 0.335. The fraction of sp³-hybridized carbons (Fsp3) is 0.588. The third-order valence-corrected chi connectivity index (χ3v) is 3.80. The van der Waals surface area contributed by atoms with Crippen molar-refractivity contribution in [2.75, 3.05) is 19.6 Å². The quantitative estimate of drug-likeness (QED) is 0.726. The van der Waals surface area contributed by atoms with Gasteiger partial charge in [0.1, 0.15) is 0 Å². The summed E-state index contributed by atoms with van der Waals surface area (Å²) in [6, 6.07) is 4.20. The van der Waals surface area contributed by atoms with Crippen molar-refractivity contribution in [2.45, 2.75) is 41.5 Å². The molecule has 0 N–H and O–H groups in total. The smallest absolute Gasteiger partial charge is 0.167 e. The number of carbonyl (C=O) groups excluding carboxylic acids is 1. The van der Waals surface area contributed by atoms with Crippen molar-refractivity contribution >= 4 is 5.78 Å². The van der Waals surface area contributed by atoms with Crippen molar-refractivity contribution in [1.82, 2.24) is 4.90 Å². The molecule has 106 valence electrons. The second-order valence-electron chi connectivity index (χ2n) is 5.52. The van der Waals surface area contributed by atoms with Crippen LogP contribution in [-0.4, -0.2) is 30.3 Å². The summed E-state index contributed by atoms with van der Waals surface area (Å²) >= 11 is 0. The molecule has 0 aromatic heterocycles. The van der Waals surface area contributed by atoms with Gasteiger partial charge in [-0.25, -0.2) is 0 Å². The van der Waals surface area contributed by atoms with Crippen LogP contribution >= 0.6 is 0 Å². The highest BCUT2D eigenvalue weighted by atomic mass is 16.1. The summed E-state index contributed by atoms with van der Waals surface area (Å²) in [5.41, 5.74) is 4.36. The van der Waals surface area contributed by atoms with Crippen molar-refractivity contribution in [3.63, 3.8) is 0 Å². The lowest BCUT2D eigenvalue weighted by molar-refractivity contribution is 0.0897. The Labute approximate surface area is 117 Å². The van der Waals surface area contributed by atoms with Crippen LogP contribution in [0, 0.1) is 26.7 Å². The van der Waals surface area contributed by atoms with E-state index < -0.39 is 0 Å². The maximum absolute atomic E-state index is 12.6. The SMILES string of the molecule is CCN(CC)CC(C)C(=O)c1c(C)cc(C)cc1C. The molecule has 1 atom stereocenters. The first-order valence-corrected chi connectivity index (χ1v) is 7.25. The van der Waals surface area contributed by atoms with Gasteiger partial charge in [-0.15, -0.1) is 0 Å². The Morgan fingerprint density at radius 2 is 1.58 bits per heavy atom. The van der Waals surface area contributed by atoms with Gasteiger partial charge < -0.3 is 4.90 Å². The van der Waals surface area contributed by atoms with E-state index in [1.54, 1.807) is 0 Å². The first-order valence-electron chi connectivity index (χ1n) is 7.25. The van der Waals surface area contributed by atoms with E-state index in [1.807, 2.05) is 20.8 Å². The predicted octanol–water partition coefficient (Wildman–Crippen LogP) is 3.77. The molecule has 19 heavy (non-hydrogen) atoms. The van der Waals surface area contributed by atoms with Gasteiger partial charge in [0, 0.05) is 18.0 Å². The van der Waals surface area contributed by atoms with E-state index in [-0.39, 0.29) is 11.7 Å². The third kappa shape index (κ3) is 3.90. The standard InChI is InChI=1S/C17H27NO/c1-7-18(8-2)11-15(6)17(19)16-13(4)9-12(3)10-14(16)5/h9-10,15H,7-8,11H2,1-6H3. The molecule has 0 spiro atoms. The number of ketones is 1. The van der Waals surface area contributed by atoms with Gasteiger partial charge in [-0.05, 0) is 45.0 Å². The molecule has 2 nitrogen and oxygen atoms in total. The molecule has 1 aromatic rings. The molecule has 1 rings (SSSR count). The zero-order valence-electron chi connectivity index (χ0n) is 13.2. The van der Waals surface area contributed by atoms with Crippen LogP contribution in [0.3, 0.4) is 0 Å². The lowest BCUT2D eigenvalue weighted by atomic mass is 9.90. The van der Waals surface area contributed by atoms with E-state index in [9.17, 15) is 4.79 Å². The van der Waals surface area contributed by atoms with Crippen LogP contribution in [-0.2, 0) is 0 Å². The van der Waals surface area contributed by atoms with Gasteiger partial charge in [-0.3, -0.25) is 4.79 Å². The molecule has 0 aliphatic carbocycles. The first kappa shape index (κ1) is 15.9. The molecule has 1 aromatic carbocycles. The number of carbonyl (C=O) groups is 1. The van der Waals surface area contributed by atoms with E-state index >= 15 is 0 Å². The summed E-state index contributed by atoms with van der Waals surface area (Å²) in [6.45, 7) is 15.3. The molecule has 0 aliphatic rings. The van der Waals surface area contributed by atoms with Crippen LogP contribution < -0.4 is 0 Å². The third-order valence-electron chi connectivity index (χ3n) is 3.80. The maximum atomic E-state index is 12.6.